The topological polar surface area (TPSA) is 46.0 Å². The van der Waals surface area contributed by atoms with E-state index in [2.05, 4.69) is 50.6 Å². The first-order chi connectivity index (χ1) is 9.83. The number of aryl methyl sites for hydroxylation is 1. The van der Waals surface area contributed by atoms with Crippen LogP contribution < -0.4 is 5.32 Å². The second-order valence-corrected chi connectivity index (χ2v) is 5.31. The zero-order valence-electron chi connectivity index (χ0n) is 11.9. The Morgan fingerprint density at radius 3 is 2.90 bits per heavy atom. The number of hydrogen-bond acceptors (Lipinski definition) is 4. The van der Waals surface area contributed by atoms with Crippen molar-refractivity contribution >= 4 is 0 Å². The van der Waals surface area contributed by atoms with E-state index in [1.54, 1.807) is 6.33 Å². The fraction of sp³-hybridized carbons (Fsp3) is 0.467. The lowest BCUT2D eigenvalue weighted by Crippen LogP contribution is -2.31. The molecule has 1 aromatic heterocycles. The Morgan fingerprint density at radius 2 is 2.15 bits per heavy atom. The Morgan fingerprint density at radius 1 is 1.30 bits per heavy atom. The van der Waals surface area contributed by atoms with Gasteiger partial charge in [-0.3, -0.25) is 9.58 Å². The molecule has 1 fully saturated rings. The number of rotatable bonds is 3. The van der Waals surface area contributed by atoms with Gasteiger partial charge < -0.3 is 5.32 Å². The molecule has 1 saturated heterocycles. The van der Waals surface area contributed by atoms with Crippen LogP contribution in [0, 0.1) is 0 Å². The quantitative estimate of drug-likeness (QED) is 0.915. The summed E-state index contributed by atoms with van der Waals surface area (Å²) >= 11 is 0. The molecule has 1 atom stereocenters. The van der Waals surface area contributed by atoms with E-state index < -0.39 is 0 Å². The molecule has 0 amide bonds. The lowest BCUT2D eigenvalue weighted by Gasteiger charge is -2.24. The van der Waals surface area contributed by atoms with E-state index in [4.69, 9.17) is 0 Å². The lowest BCUT2D eigenvalue weighted by atomic mass is 10.1. The minimum Gasteiger partial charge on any atom is -0.309 e. The summed E-state index contributed by atoms with van der Waals surface area (Å²) in [6, 6.07) is 11.1. The van der Waals surface area contributed by atoms with Crippen molar-refractivity contribution in [3.63, 3.8) is 0 Å². The predicted molar refractivity (Wildman–Crippen MR) is 78.1 cm³/mol. The monoisotopic (exact) mass is 271 g/mol. The molecule has 0 bridgehead atoms. The van der Waals surface area contributed by atoms with Crippen LogP contribution in [-0.2, 0) is 13.6 Å². The Kier molecular flexibility index (Phi) is 4.08. The molecule has 0 spiro atoms. The maximum atomic E-state index is 4.33. The van der Waals surface area contributed by atoms with Crippen LogP contribution >= 0.6 is 0 Å². The fourth-order valence-corrected chi connectivity index (χ4v) is 2.71. The van der Waals surface area contributed by atoms with Gasteiger partial charge >= 0.3 is 0 Å². The second-order valence-electron chi connectivity index (χ2n) is 5.31. The van der Waals surface area contributed by atoms with E-state index in [0.29, 0.717) is 6.04 Å². The van der Waals surface area contributed by atoms with Crippen molar-refractivity contribution in [1.29, 1.82) is 0 Å². The van der Waals surface area contributed by atoms with Gasteiger partial charge in [-0.15, -0.1) is 0 Å². The minimum absolute atomic E-state index is 0.395. The summed E-state index contributed by atoms with van der Waals surface area (Å²) in [5.41, 5.74) is 1.36. The lowest BCUT2D eigenvalue weighted by molar-refractivity contribution is 0.251. The van der Waals surface area contributed by atoms with Crippen molar-refractivity contribution in [3.05, 3.63) is 48.0 Å². The number of hydrogen-bond donors (Lipinski definition) is 1. The van der Waals surface area contributed by atoms with Crippen molar-refractivity contribution in [1.82, 2.24) is 25.0 Å². The first-order valence-corrected chi connectivity index (χ1v) is 7.16. The molecule has 3 rings (SSSR count). The van der Waals surface area contributed by atoms with Crippen LogP contribution in [0.5, 0.6) is 0 Å². The van der Waals surface area contributed by atoms with Gasteiger partial charge in [0, 0.05) is 19.6 Å². The van der Waals surface area contributed by atoms with Crippen LogP contribution in [0.4, 0.5) is 0 Å². The van der Waals surface area contributed by atoms with Crippen molar-refractivity contribution < 1.29 is 0 Å². The Hall–Kier alpha value is -1.72. The van der Waals surface area contributed by atoms with Gasteiger partial charge in [0.15, 0.2) is 0 Å². The second kappa shape index (κ2) is 6.15. The first-order valence-electron chi connectivity index (χ1n) is 7.16. The largest absolute Gasteiger partial charge is 0.309 e. The molecule has 1 N–H and O–H groups in total. The zero-order chi connectivity index (χ0) is 13.8. The van der Waals surface area contributed by atoms with Crippen LogP contribution in [0.3, 0.4) is 0 Å². The number of nitrogens with one attached hydrogen (secondary N) is 1. The van der Waals surface area contributed by atoms with E-state index in [9.17, 15) is 0 Å². The van der Waals surface area contributed by atoms with Crippen LogP contribution in [0.2, 0.25) is 0 Å². The molecule has 2 aromatic rings. The third-order valence-electron chi connectivity index (χ3n) is 3.85. The summed E-state index contributed by atoms with van der Waals surface area (Å²) in [6.07, 6.45) is 2.79. The van der Waals surface area contributed by atoms with Crippen molar-refractivity contribution in [2.24, 2.45) is 7.05 Å². The van der Waals surface area contributed by atoms with Gasteiger partial charge in [-0.25, -0.2) is 4.98 Å². The van der Waals surface area contributed by atoms with E-state index in [1.165, 1.54) is 12.0 Å². The SMILES string of the molecule is Cn1ncnc1CN1CCCNC(c2ccccc2)C1. The molecule has 0 radical (unpaired) electrons. The Labute approximate surface area is 119 Å². The highest BCUT2D eigenvalue weighted by Gasteiger charge is 2.20. The smallest absolute Gasteiger partial charge is 0.140 e. The summed E-state index contributed by atoms with van der Waals surface area (Å²) in [6.45, 7) is 4.04. The third kappa shape index (κ3) is 3.05. The summed E-state index contributed by atoms with van der Waals surface area (Å²) in [4.78, 5) is 6.79. The fourth-order valence-electron chi connectivity index (χ4n) is 2.71. The maximum Gasteiger partial charge on any atom is 0.140 e. The van der Waals surface area contributed by atoms with Crippen molar-refractivity contribution in [3.8, 4) is 0 Å². The highest BCUT2D eigenvalue weighted by atomic mass is 15.3. The normalized spacial score (nSPS) is 20.8. The van der Waals surface area contributed by atoms with Gasteiger partial charge in [0.05, 0.1) is 6.54 Å². The van der Waals surface area contributed by atoms with Gasteiger partial charge in [0.1, 0.15) is 12.2 Å². The Bertz CT molecular complexity index is 536. The van der Waals surface area contributed by atoms with Gasteiger partial charge in [0.2, 0.25) is 0 Å². The molecular weight excluding hydrogens is 250 g/mol. The summed E-state index contributed by atoms with van der Waals surface area (Å²) in [5.74, 6) is 1.03. The van der Waals surface area contributed by atoms with Crippen LogP contribution in [0.1, 0.15) is 23.9 Å². The summed E-state index contributed by atoms with van der Waals surface area (Å²) in [5, 5.41) is 7.78. The molecule has 5 nitrogen and oxygen atoms in total. The molecule has 0 aliphatic carbocycles. The molecule has 1 aliphatic rings. The average Bonchev–Trinajstić information content (AvgIpc) is 2.75. The zero-order valence-corrected chi connectivity index (χ0v) is 11.9. The highest BCUT2D eigenvalue weighted by molar-refractivity contribution is 5.19. The van der Waals surface area contributed by atoms with Gasteiger partial charge in [-0.05, 0) is 25.1 Å². The van der Waals surface area contributed by atoms with Crippen molar-refractivity contribution in [2.75, 3.05) is 19.6 Å². The van der Waals surface area contributed by atoms with Crippen LogP contribution in [0.25, 0.3) is 0 Å². The molecule has 20 heavy (non-hydrogen) atoms. The predicted octanol–water partition coefficient (Wildman–Crippen LogP) is 1.35. The molecule has 106 valence electrons. The van der Waals surface area contributed by atoms with Crippen molar-refractivity contribution in [2.45, 2.75) is 19.0 Å². The first kappa shape index (κ1) is 13.3. The molecule has 1 aromatic carbocycles. The summed E-state index contributed by atoms with van der Waals surface area (Å²) in [7, 11) is 1.95. The van der Waals surface area contributed by atoms with E-state index in [0.717, 1.165) is 32.0 Å². The molecule has 1 aliphatic heterocycles. The van der Waals surface area contributed by atoms with Gasteiger partial charge in [0.25, 0.3) is 0 Å². The molecular formula is C15H21N5. The van der Waals surface area contributed by atoms with Crippen LogP contribution in [0.15, 0.2) is 36.7 Å². The maximum absolute atomic E-state index is 4.33. The van der Waals surface area contributed by atoms with E-state index in [1.807, 2.05) is 11.7 Å². The average molecular weight is 271 g/mol. The minimum atomic E-state index is 0.395. The number of nitrogens with zero attached hydrogens (tertiary/aromatic N) is 4. The van der Waals surface area contributed by atoms with E-state index >= 15 is 0 Å². The van der Waals surface area contributed by atoms with E-state index in [-0.39, 0.29) is 0 Å². The highest BCUT2D eigenvalue weighted by Crippen LogP contribution is 2.17. The molecule has 0 saturated carbocycles. The standard InChI is InChI=1S/C15H21N5/c1-19-15(17-12-18-19)11-20-9-5-8-16-14(10-20)13-6-3-2-4-7-13/h2-4,6-7,12,14,16H,5,8-11H2,1H3. The molecule has 5 heteroatoms. The number of aromatic nitrogens is 3. The Balaban J connectivity index is 1.71. The van der Waals surface area contributed by atoms with Gasteiger partial charge in [-0.2, -0.15) is 5.10 Å². The summed E-state index contributed by atoms with van der Waals surface area (Å²) < 4.78 is 1.86. The van der Waals surface area contributed by atoms with Gasteiger partial charge in [-0.1, -0.05) is 30.3 Å². The number of benzene rings is 1. The molecule has 2 heterocycles. The van der Waals surface area contributed by atoms with Crippen LogP contribution in [-0.4, -0.2) is 39.3 Å². The molecule has 1 unspecified atom stereocenters. The third-order valence-corrected chi connectivity index (χ3v) is 3.85.